The standard InChI is InChI=1S/C12H13N5O/c1-8(13)12(18)17-16-7-9-2-3-10-11(6-9)15-5-4-14-10/h2-8H,13H2,1H3,(H,17,18)/b16-7+/t8-/m0/s1. The molecule has 1 aromatic carbocycles. The van der Waals surface area contributed by atoms with Crippen LogP contribution in [0, 0.1) is 0 Å². The number of nitrogens with two attached hydrogens (primary N) is 1. The van der Waals surface area contributed by atoms with Crippen molar-refractivity contribution in [2.75, 3.05) is 0 Å². The fourth-order valence-corrected chi connectivity index (χ4v) is 1.33. The molecule has 0 saturated heterocycles. The van der Waals surface area contributed by atoms with Crippen molar-refractivity contribution < 1.29 is 4.79 Å². The van der Waals surface area contributed by atoms with Crippen LogP contribution < -0.4 is 11.2 Å². The van der Waals surface area contributed by atoms with Gasteiger partial charge in [-0.15, -0.1) is 0 Å². The van der Waals surface area contributed by atoms with Gasteiger partial charge < -0.3 is 5.73 Å². The molecule has 3 N–H and O–H groups in total. The molecule has 1 heterocycles. The highest BCUT2D eigenvalue weighted by Crippen LogP contribution is 2.08. The Morgan fingerprint density at radius 1 is 1.39 bits per heavy atom. The summed E-state index contributed by atoms with van der Waals surface area (Å²) in [5.41, 5.74) is 10.2. The summed E-state index contributed by atoms with van der Waals surface area (Å²) in [6.07, 6.45) is 4.80. The van der Waals surface area contributed by atoms with Gasteiger partial charge >= 0.3 is 0 Å². The van der Waals surface area contributed by atoms with E-state index in [0.717, 1.165) is 16.6 Å². The normalized spacial score (nSPS) is 12.8. The lowest BCUT2D eigenvalue weighted by atomic mass is 10.2. The smallest absolute Gasteiger partial charge is 0.256 e. The molecular formula is C12H13N5O. The number of rotatable bonds is 3. The average Bonchev–Trinajstić information content (AvgIpc) is 2.38. The lowest BCUT2D eigenvalue weighted by Crippen LogP contribution is -2.35. The molecule has 0 aliphatic carbocycles. The number of fused-ring (bicyclic) bond motifs is 1. The Morgan fingerprint density at radius 3 is 2.83 bits per heavy atom. The van der Waals surface area contributed by atoms with Crippen LogP contribution in [0.1, 0.15) is 12.5 Å². The topological polar surface area (TPSA) is 93.3 Å². The van der Waals surface area contributed by atoms with Gasteiger partial charge in [0.15, 0.2) is 0 Å². The molecule has 18 heavy (non-hydrogen) atoms. The number of aromatic nitrogens is 2. The van der Waals surface area contributed by atoms with E-state index in [1.165, 1.54) is 6.21 Å². The van der Waals surface area contributed by atoms with Crippen molar-refractivity contribution >= 4 is 23.2 Å². The molecule has 6 heteroatoms. The Kier molecular flexibility index (Phi) is 3.59. The molecule has 0 radical (unpaired) electrons. The number of carbonyl (C=O) groups excluding carboxylic acids is 1. The van der Waals surface area contributed by atoms with E-state index in [4.69, 9.17) is 5.73 Å². The molecule has 0 aliphatic rings. The Balaban J connectivity index is 2.12. The molecule has 2 rings (SSSR count). The van der Waals surface area contributed by atoms with Crippen LogP contribution in [0.25, 0.3) is 11.0 Å². The lowest BCUT2D eigenvalue weighted by Gasteiger charge is -2.01. The van der Waals surface area contributed by atoms with Gasteiger partial charge in [0, 0.05) is 12.4 Å². The molecule has 1 aromatic heterocycles. The van der Waals surface area contributed by atoms with Crippen molar-refractivity contribution in [1.82, 2.24) is 15.4 Å². The molecule has 0 fully saturated rings. The van der Waals surface area contributed by atoms with E-state index in [1.54, 1.807) is 19.3 Å². The summed E-state index contributed by atoms with van der Waals surface area (Å²) < 4.78 is 0. The van der Waals surface area contributed by atoms with E-state index in [-0.39, 0.29) is 5.91 Å². The average molecular weight is 243 g/mol. The first-order chi connectivity index (χ1) is 8.66. The first-order valence-electron chi connectivity index (χ1n) is 5.46. The minimum absolute atomic E-state index is 0.327. The number of hydrogen-bond acceptors (Lipinski definition) is 5. The first-order valence-corrected chi connectivity index (χ1v) is 5.46. The third kappa shape index (κ3) is 2.86. The van der Waals surface area contributed by atoms with Crippen molar-refractivity contribution in [3.05, 3.63) is 36.2 Å². The zero-order valence-corrected chi connectivity index (χ0v) is 9.87. The molecule has 1 atom stereocenters. The second kappa shape index (κ2) is 5.33. The van der Waals surface area contributed by atoms with Crippen LogP contribution in [0.3, 0.4) is 0 Å². The Bertz CT molecular complexity index is 594. The second-order valence-corrected chi connectivity index (χ2v) is 3.83. The van der Waals surface area contributed by atoms with Gasteiger partial charge in [-0.2, -0.15) is 5.10 Å². The maximum absolute atomic E-state index is 11.2. The summed E-state index contributed by atoms with van der Waals surface area (Å²) in [5, 5.41) is 3.82. The van der Waals surface area contributed by atoms with Crippen molar-refractivity contribution in [1.29, 1.82) is 0 Å². The highest BCUT2D eigenvalue weighted by molar-refractivity contribution is 5.88. The largest absolute Gasteiger partial charge is 0.320 e. The van der Waals surface area contributed by atoms with Crippen LogP contribution in [-0.2, 0) is 4.79 Å². The Hall–Kier alpha value is -2.34. The third-order valence-electron chi connectivity index (χ3n) is 2.30. The molecule has 0 aliphatic heterocycles. The quantitative estimate of drug-likeness (QED) is 0.603. The minimum Gasteiger partial charge on any atom is -0.320 e. The number of nitrogens with one attached hydrogen (secondary N) is 1. The SMILES string of the molecule is C[C@H](N)C(=O)N/N=C/c1ccc2nccnc2c1. The molecule has 0 bridgehead atoms. The number of nitrogens with zero attached hydrogens (tertiary/aromatic N) is 3. The van der Waals surface area contributed by atoms with Gasteiger partial charge in [0.25, 0.3) is 5.91 Å². The number of benzene rings is 1. The monoisotopic (exact) mass is 243 g/mol. The van der Waals surface area contributed by atoms with Crippen molar-refractivity contribution in [2.24, 2.45) is 10.8 Å². The van der Waals surface area contributed by atoms with Gasteiger partial charge in [0.1, 0.15) is 0 Å². The summed E-state index contributed by atoms with van der Waals surface area (Å²) >= 11 is 0. The lowest BCUT2D eigenvalue weighted by molar-refractivity contribution is -0.121. The molecule has 0 saturated carbocycles. The van der Waals surface area contributed by atoms with Gasteiger partial charge in [0.2, 0.25) is 0 Å². The summed E-state index contributed by atoms with van der Waals surface area (Å²) in [5.74, 6) is -0.327. The van der Waals surface area contributed by atoms with E-state index in [0.29, 0.717) is 0 Å². The van der Waals surface area contributed by atoms with Gasteiger partial charge in [-0.1, -0.05) is 6.07 Å². The van der Waals surface area contributed by atoms with Crippen LogP contribution in [0.4, 0.5) is 0 Å². The molecular weight excluding hydrogens is 230 g/mol. The number of hydrogen-bond donors (Lipinski definition) is 2. The van der Waals surface area contributed by atoms with E-state index in [1.807, 2.05) is 18.2 Å². The highest BCUT2D eigenvalue weighted by Gasteiger charge is 2.04. The summed E-state index contributed by atoms with van der Waals surface area (Å²) in [4.78, 5) is 19.5. The second-order valence-electron chi connectivity index (χ2n) is 3.83. The van der Waals surface area contributed by atoms with Gasteiger partial charge in [0.05, 0.1) is 23.3 Å². The van der Waals surface area contributed by atoms with Crippen LogP contribution in [-0.4, -0.2) is 28.1 Å². The van der Waals surface area contributed by atoms with Crippen LogP contribution in [0.5, 0.6) is 0 Å². The zero-order valence-electron chi connectivity index (χ0n) is 9.87. The minimum atomic E-state index is -0.579. The predicted molar refractivity (Wildman–Crippen MR) is 68.9 cm³/mol. The van der Waals surface area contributed by atoms with Crippen molar-refractivity contribution in [3.63, 3.8) is 0 Å². The third-order valence-corrected chi connectivity index (χ3v) is 2.30. The summed E-state index contributed by atoms with van der Waals surface area (Å²) in [7, 11) is 0. The molecule has 92 valence electrons. The molecule has 6 nitrogen and oxygen atoms in total. The summed E-state index contributed by atoms with van der Waals surface area (Å²) in [6, 6.07) is 4.95. The summed E-state index contributed by atoms with van der Waals surface area (Å²) in [6.45, 7) is 1.59. The van der Waals surface area contributed by atoms with E-state index in [9.17, 15) is 4.79 Å². The Morgan fingerprint density at radius 2 is 2.11 bits per heavy atom. The fourth-order valence-electron chi connectivity index (χ4n) is 1.33. The van der Waals surface area contributed by atoms with Crippen LogP contribution in [0.2, 0.25) is 0 Å². The Labute approximate surface area is 104 Å². The number of amides is 1. The van der Waals surface area contributed by atoms with E-state index >= 15 is 0 Å². The first kappa shape index (κ1) is 12.1. The predicted octanol–water partition coefficient (Wildman–Crippen LogP) is 0.427. The molecule has 2 aromatic rings. The van der Waals surface area contributed by atoms with Gasteiger partial charge in [-0.05, 0) is 24.6 Å². The van der Waals surface area contributed by atoms with Crippen LogP contribution >= 0.6 is 0 Å². The van der Waals surface area contributed by atoms with Gasteiger partial charge in [-0.3, -0.25) is 14.8 Å². The molecule has 0 unspecified atom stereocenters. The zero-order chi connectivity index (χ0) is 13.0. The maximum Gasteiger partial charge on any atom is 0.256 e. The van der Waals surface area contributed by atoms with Crippen molar-refractivity contribution in [2.45, 2.75) is 13.0 Å². The molecule has 0 spiro atoms. The molecule has 1 amide bonds. The maximum atomic E-state index is 11.2. The number of carbonyl (C=O) groups is 1. The van der Waals surface area contributed by atoms with Crippen molar-refractivity contribution in [3.8, 4) is 0 Å². The van der Waals surface area contributed by atoms with Crippen LogP contribution in [0.15, 0.2) is 35.7 Å². The highest BCUT2D eigenvalue weighted by atomic mass is 16.2. The fraction of sp³-hybridized carbons (Fsp3) is 0.167. The van der Waals surface area contributed by atoms with E-state index in [2.05, 4.69) is 20.5 Å². The van der Waals surface area contributed by atoms with E-state index < -0.39 is 6.04 Å². The number of hydrazone groups is 1. The van der Waals surface area contributed by atoms with Gasteiger partial charge in [-0.25, -0.2) is 5.43 Å².